The lowest BCUT2D eigenvalue weighted by Crippen LogP contribution is -2.63. The summed E-state index contributed by atoms with van der Waals surface area (Å²) in [6, 6.07) is 0.521. The van der Waals surface area contributed by atoms with Crippen molar-refractivity contribution in [2.75, 3.05) is 19.7 Å². The summed E-state index contributed by atoms with van der Waals surface area (Å²) in [7, 11) is 0. The summed E-state index contributed by atoms with van der Waals surface area (Å²) in [5, 5.41) is 0. The van der Waals surface area contributed by atoms with Gasteiger partial charge in [-0.25, -0.2) is 0 Å². The molecule has 1 rings (SSSR count). The highest BCUT2D eigenvalue weighted by Gasteiger charge is 2.42. The van der Waals surface area contributed by atoms with E-state index in [1.165, 1.54) is 12.8 Å². The minimum atomic E-state index is 0.140. The third-order valence-corrected chi connectivity index (χ3v) is 4.50. The third kappa shape index (κ3) is 4.44. The Bertz CT molecular complexity index is 268. The van der Waals surface area contributed by atoms with Crippen molar-refractivity contribution < 1.29 is 4.74 Å². The molecule has 0 aromatic carbocycles. The highest BCUT2D eigenvalue weighted by atomic mass is 16.5. The Morgan fingerprint density at radius 2 is 1.75 bits per heavy atom. The molecule has 3 heteroatoms. The quantitative estimate of drug-likeness (QED) is 0.780. The number of morpholine rings is 1. The molecule has 0 aromatic rings. The Morgan fingerprint density at radius 1 is 1.20 bits per heavy atom. The number of nitrogens with two attached hydrogens (primary N) is 1. The maximum atomic E-state index is 6.32. The van der Waals surface area contributed by atoms with E-state index in [-0.39, 0.29) is 5.54 Å². The first-order valence-electron chi connectivity index (χ1n) is 8.43. The predicted octanol–water partition coefficient (Wildman–Crippen LogP) is 3.28. The summed E-state index contributed by atoms with van der Waals surface area (Å²) < 4.78 is 5.88. The molecule has 1 heterocycles. The smallest absolute Gasteiger partial charge is 0.0675 e. The first-order chi connectivity index (χ1) is 9.34. The lowest BCUT2D eigenvalue weighted by atomic mass is 9.78. The van der Waals surface area contributed by atoms with Crippen LogP contribution in [0.4, 0.5) is 0 Å². The molecule has 0 aliphatic carbocycles. The van der Waals surface area contributed by atoms with E-state index in [2.05, 4.69) is 46.4 Å². The van der Waals surface area contributed by atoms with Crippen molar-refractivity contribution in [3.8, 4) is 0 Å². The summed E-state index contributed by atoms with van der Waals surface area (Å²) in [5.41, 5.74) is 6.46. The molecule has 0 bridgehead atoms. The molecule has 0 radical (unpaired) electrons. The molecule has 1 aliphatic heterocycles. The van der Waals surface area contributed by atoms with E-state index in [0.717, 1.165) is 26.1 Å². The summed E-state index contributed by atoms with van der Waals surface area (Å²) in [5.74, 6) is 1.35. The molecule has 2 atom stereocenters. The van der Waals surface area contributed by atoms with Crippen molar-refractivity contribution in [2.45, 2.75) is 78.5 Å². The molecule has 0 amide bonds. The number of nitrogens with zero attached hydrogens (tertiary/aromatic N) is 1. The Labute approximate surface area is 126 Å². The molecule has 0 saturated carbocycles. The summed E-state index contributed by atoms with van der Waals surface area (Å²) >= 11 is 0. The standard InChI is InChI=1S/C17H36N2O/c1-7-16-11-20-15(6)10-19(16)17(12-18,8-13(2)3)9-14(4)5/h13-16H,7-12,18H2,1-6H3. The van der Waals surface area contributed by atoms with Crippen LogP contribution in [0.5, 0.6) is 0 Å². The van der Waals surface area contributed by atoms with Crippen molar-refractivity contribution in [3.63, 3.8) is 0 Å². The number of ether oxygens (including phenoxy) is 1. The Morgan fingerprint density at radius 3 is 2.15 bits per heavy atom. The van der Waals surface area contributed by atoms with Crippen LogP contribution in [-0.2, 0) is 4.74 Å². The summed E-state index contributed by atoms with van der Waals surface area (Å²) in [4.78, 5) is 2.70. The van der Waals surface area contributed by atoms with Gasteiger partial charge in [-0.05, 0) is 38.0 Å². The van der Waals surface area contributed by atoms with Crippen LogP contribution in [0.1, 0.15) is 60.8 Å². The summed E-state index contributed by atoms with van der Waals surface area (Å²) in [6.07, 6.45) is 3.84. The summed E-state index contributed by atoms with van der Waals surface area (Å²) in [6.45, 7) is 16.3. The Kier molecular flexibility index (Phi) is 6.96. The normalized spacial score (nSPS) is 25.6. The van der Waals surface area contributed by atoms with Crippen LogP contribution in [0.3, 0.4) is 0 Å². The molecule has 20 heavy (non-hydrogen) atoms. The Hall–Kier alpha value is -0.120. The highest BCUT2D eigenvalue weighted by molar-refractivity contribution is 4.98. The van der Waals surface area contributed by atoms with Crippen LogP contribution in [-0.4, -0.2) is 42.3 Å². The first-order valence-corrected chi connectivity index (χ1v) is 8.43. The van der Waals surface area contributed by atoms with Crippen molar-refractivity contribution in [2.24, 2.45) is 17.6 Å². The SMILES string of the molecule is CCC1COC(C)CN1C(CN)(CC(C)C)CC(C)C. The van der Waals surface area contributed by atoms with Crippen LogP contribution in [0.25, 0.3) is 0 Å². The van der Waals surface area contributed by atoms with E-state index >= 15 is 0 Å². The van der Waals surface area contributed by atoms with E-state index in [9.17, 15) is 0 Å². The molecular weight excluding hydrogens is 248 g/mol. The van der Waals surface area contributed by atoms with Gasteiger partial charge in [0.2, 0.25) is 0 Å². The zero-order chi connectivity index (χ0) is 15.3. The number of hydrogen-bond donors (Lipinski definition) is 1. The molecular formula is C17H36N2O. The van der Waals surface area contributed by atoms with Gasteiger partial charge in [0.05, 0.1) is 12.7 Å². The largest absolute Gasteiger partial charge is 0.376 e. The molecule has 120 valence electrons. The molecule has 0 spiro atoms. The van der Waals surface area contributed by atoms with Gasteiger partial charge < -0.3 is 10.5 Å². The molecule has 1 saturated heterocycles. The molecule has 1 aliphatic rings. The van der Waals surface area contributed by atoms with Gasteiger partial charge in [0.25, 0.3) is 0 Å². The fraction of sp³-hybridized carbons (Fsp3) is 1.00. The zero-order valence-corrected chi connectivity index (χ0v) is 14.5. The highest BCUT2D eigenvalue weighted by Crippen LogP contribution is 2.34. The van der Waals surface area contributed by atoms with Crippen molar-refractivity contribution >= 4 is 0 Å². The van der Waals surface area contributed by atoms with E-state index in [1.807, 2.05) is 0 Å². The maximum Gasteiger partial charge on any atom is 0.0675 e. The van der Waals surface area contributed by atoms with Crippen LogP contribution < -0.4 is 5.73 Å². The third-order valence-electron chi connectivity index (χ3n) is 4.50. The van der Waals surface area contributed by atoms with Crippen molar-refractivity contribution in [3.05, 3.63) is 0 Å². The van der Waals surface area contributed by atoms with Gasteiger partial charge in [-0.1, -0.05) is 34.6 Å². The number of rotatable bonds is 7. The van der Waals surface area contributed by atoms with Gasteiger partial charge in [-0.3, -0.25) is 4.90 Å². The second-order valence-corrected chi connectivity index (χ2v) is 7.48. The van der Waals surface area contributed by atoms with E-state index < -0.39 is 0 Å². The van der Waals surface area contributed by atoms with Crippen LogP contribution in [0, 0.1) is 11.8 Å². The van der Waals surface area contributed by atoms with Gasteiger partial charge in [0.15, 0.2) is 0 Å². The first kappa shape index (κ1) is 17.9. The lowest BCUT2D eigenvalue weighted by molar-refractivity contribution is -0.108. The van der Waals surface area contributed by atoms with Gasteiger partial charge in [-0.15, -0.1) is 0 Å². The fourth-order valence-corrected chi connectivity index (χ4v) is 3.88. The van der Waals surface area contributed by atoms with Crippen LogP contribution in [0.15, 0.2) is 0 Å². The van der Waals surface area contributed by atoms with E-state index in [4.69, 9.17) is 10.5 Å². The Balaban J connectivity index is 3.03. The van der Waals surface area contributed by atoms with Gasteiger partial charge in [-0.2, -0.15) is 0 Å². The van der Waals surface area contributed by atoms with Gasteiger partial charge in [0.1, 0.15) is 0 Å². The molecule has 3 nitrogen and oxygen atoms in total. The zero-order valence-electron chi connectivity index (χ0n) is 14.5. The second kappa shape index (κ2) is 7.77. The maximum absolute atomic E-state index is 6.32. The fourth-order valence-electron chi connectivity index (χ4n) is 3.88. The predicted molar refractivity (Wildman–Crippen MR) is 86.9 cm³/mol. The minimum Gasteiger partial charge on any atom is -0.376 e. The molecule has 0 aromatic heterocycles. The average Bonchev–Trinajstić information content (AvgIpc) is 2.36. The van der Waals surface area contributed by atoms with Crippen molar-refractivity contribution in [1.29, 1.82) is 0 Å². The van der Waals surface area contributed by atoms with Crippen molar-refractivity contribution in [1.82, 2.24) is 4.90 Å². The monoisotopic (exact) mass is 284 g/mol. The average molecular weight is 284 g/mol. The van der Waals surface area contributed by atoms with Gasteiger partial charge in [0, 0.05) is 24.7 Å². The van der Waals surface area contributed by atoms with Gasteiger partial charge >= 0.3 is 0 Å². The van der Waals surface area contributed by atoms with E-state index in [0.29, 0.717) is 24.0 Å². The van der Waals surface area contributed by atoms with Crippen LogP contribution >= 0.6 is 0 Å². The second-order valence-electron chi connectivity index (χ2n) is 7.48. The minimum absolute atomic E-state index is 0.140. The molecule has 1 fully saturated rings. The lowest BCUT2D eigenvalue weighted by Gasteiger charge is -2.52. The number of hydrogen-bond acceptors (Lipinski definition) is 3. The molecule has 2 N–H and O–H groups in total. The molecule has 2 unspecified atom stereocenters. The van der Waals surface area contributed by atoms with E-state index in [1.54, 1.807) is 0 Å². The van der Waals surface area contributed by atoms with Crippen LogP contribution in [0.2, 0.25) is 0 Å². The topological polar surface area (TPSA) is 38.5 Å².